The van der Waals surface area contributed by atoms with Crippen molar-refractivity contribution in [1.82, 2.24) is 9.55 Å². The Balaban J connectivity index is 2.14. The van der Waals surface area contributed by atoms with Gasteiger partial charge in [-0.05, 0) is 48.3 Å². The topological polar surface area (TPSA) is 70.1 Å². The van der Waals surface area contributed by atoms with Crippen LogP contribution in [0, 0.1) is 6.92 Å². The van der Waals surface area contributed by atoms with Crippen LogP contribution in [-0.2, 0) is 17.7 Å². The Morgan fingerprint density at radius 2 is 2.30 bits per heavy atom. The van der Waals surface area contributed by atoms with Crippen molar-refractivity contribution in [2.45, 2.75) is 26.8 Å². The van der Waals surface area contributed by atoms with Gasteiger partial charge in [-0.25, -0.2) is 9.78 Å². The van der Waals surface area contributed by atoms with Crippen LogP contribution in [0.4, 0.5) is 5.82 Å². The lowest BCUT2D eigenvalue weighted by atomic mass is 10.3. The van der Waals surface area contributed by atoms with Crippen molar-refractivity contribution in [2.75, 3.05) is 12.3 Å². The lowest BCUT2D eigenvalue weighted by Gasteiger charge is -2.06. The summed E-state index contributed by atoms with van der Waals surface area (Å²) in [6.07, 6.45) is 0.847. The molecule has 2 aromatic heterocycles. The van der Waals surface area contributed by atoms with Crippen LogP contribution in [0.15, 0.2) is 15.9 Å². The van der Waals surface area contributed by atoms with Crippen LogP contribution in [0.1, 0.15) is 28.1 Å². The minimum atomic E-state index is -0.467. The van der Waals surface area contributed by atoms with Crippen LogP contribution in [-0.4, -0.2) is 22.1 Å². The second-order valence-electron chi connectivity index (χ2n) is 4.22. The van der Waals surface area contributed by atoms with E-state index in [4.69, 9.17) is 10.5 Å². The van der Waals surface area contributed by atoms with E-state index < -0.39 is 5.97 Å². The van der Waals surface area contributed by atoms with Gasteiger partial charge in [0.2, 0.25) is 0 Å². The van der Waals surface area contributed by atoms with Crippen molar-refractivity contribution in [3.05, 3.63) is 32.3 Å². The number of nitrogens with two attached hydrogens (primary N) is 1. The molecule has 2 aromatic rings. The van der Waals surface area contributed by atoms with Crippen molar-refractivity contribution in [3.8, 4) is 0 Å². The number of imidazole rings is 1. The number of halogens is 1. The zero-order valence-corrected chi connectivity index (χ0v) is 13.8. The first-order valence-corrected chi connectivity index (χ1v) is 7.87. The summed E-state index contributed by atoms with van der Waals surface area (Å²) in [5, 5.41) is 0. The highest BCUT2D eigenvalue weighted by Gasteiger charge is 2.19. The molecule has 0 amide bonds. The van der Waals surface area contributed by atoms with Crippen molar-refractivity contribution in [3.63, 3.8) is 0 Å². The summed E-state index contributed by atoms with van der Waals surface area (Å²) in [6, 6.07) is 4.09. The molecule has 0 radical (unpaired) electrons. The highest BCUT2D eigenvalue weighted by atomic mass is 79.9. The number of ether oxygens (including phenoxy) is 1. The maximum atomic E-state index is 11.7. The quantitative estimate of drug-likeness (QED) is 0.835. The summed E-state index contributed by atoms with van der Waals surface area (Å²) >= 11 is 5.13. The predicted octanol–water partition coefficient (Wildman–Crippen LogP) is 3.02. The van der Waals surface area contributed by atoms with Gasteiger partial charge in [-0.1, -0.05) is 0 Å². The van der Waals surface area contributed by atoms with Gasteiger partial charge in [0.05, 0.1) is 10.4 Å². The van der Waals surface area contributed by atoms with Gasteiger partial charge in [0.25, 0.3) is 0 Å². The first-order chi connectivity index (χ1) is 9.52. The molecule has 0 aliphatic heterocycles. The monoisotopic (exact) mass is 357 g/mol. The highest BCUT2D eigenvalue weighted by Crippen LogP contribution is 2.23. The van der Waals surface area contributed by atoms with Crippen LogP contribution in [0.3, 0.4) is 0 Å². The smallest absolute Gasteiger partial charge is 0.360 e. The average molecular weight is 358 g/mol. The molecular weight excluding hydrogens is 342 g/mol. The van der Waals surface area contributed by atoms with Crippen LogP contribution < -0.4 is 5.73 Å². The Labute approximate surface area is 129 Å². The minimum Gasteiger partial charge on any atom is -0.461 e. The number of nitrogens with zero attached hydrogens (tertiary/aromatic N) is 2. The van der Waals surface area contributed by atoms with Gasteiger partial charge < -0.3 is 15.0 Å². The molecule has 0 spiro atoms. The van der Waals surface area contributed by atoms with E-state index in [1.54, 1.807) is 18.3 Å². The van der Waals surface area contributed by atoms with E-state index in [0.29, 0.717) is 19.0 Å². The number of aromatic nitrogens is 2. The molecule has 0 atom stereocenters. The predicted molar refractivity (Wildman–Crippen MR) is 83.1 cm³/mol. The van der Waals surface area contributed by atoms with Gasteiger partial charge in [-0.3, -0.25) is 0 Å². The van der Waals surface area contributed by atoms with Gasteiger partial charge in [0.15, 0.2) is 5.69 Å². The molecule has 0 aliphatic carbocycles. The molecule has 0 bridgehead atoms. The number of rotatable bonds is 5. The minimum absolute atomic E-state index is 0.205. The third kappa shape index (κ3) is 3.21. The lowest BCUT2D eigenvalue weighted by Crippen LogP contribution is -2.11. The SMILES string of the molecule is CCOC(=O)c1nc(C)n(CCc2ccc(Br)s2)c1N. The largest absolute Gasteiger partial charge is 0.461 e. The van der Waals surface area contributed by atoms with E-state index in [0.717, 1.165) is 16.0 Å². The molecule has 0 aliphatic rings. The van der Waals surface area contributed by atoms with Gasteiger partial charge >= 0.3 is 5.97 Å². The summed E-state index contributed by atoms with van der Waals surface area (Å²) < 4.78 is 7.90. The van der Waals surface area contributed by atoms with Crippen LogP contribution >= 0.6 is 27.3 Å². The maximum absolute atomic E-state index is 11.7. The van der Waals surface area contributed by atoms with Gasteiger partial charge in [-0.2, -0.15) is 0 Å². The molecule has 0 saturated heterocycles. The van der Waals surface area contributed by atoms with Crippen LogP contribution in [0.25, 0.3) is 0 Å². The van der Waals surface area contributed by atoms with Gasteiger partial charge in [0, 0.05) is 11.4 Å². The molecular formula is C13H16BrN3O2S. The Morgan fingerprint density at radius 3 is 2.90 bits per heavy atom. The molecule has 0 aromatic carbocycles. The zero-order chi connectivity index (χ0) is 14.7. The van der Waals surface area contributed by atoms with Crippen molar-refractivity contribution in [1.29, 1.82) is 0 Å². The third-order valence-corrected chi connectivity index (χ3v) is 4.56. The van der Waals surface area contributed by atoms with E-state index in [1.807, 2.05) is 17.6 Å². The molecule has 2 N–H and O–H groups in total. The number of thiophene rings is 1. The van der Waals surface area contributed by atoms with Crippen LogP contribution in [0.5, 0.6) is 0 Å². The average Bonchev–Trinajstić information content (AvgIpc) is 2.92. The number of carbonyl (C=O) groups is 1. The number of carbonyl (C=O) groups excluding carboxylic acids is 1. The summed E-state index contributed by atoms with van der Waals surface area (Å²) in [4.78, 5) is 17.2. The van der Waals surface area contributed by atoms with Crippen molar-refractivity contribution >= 4 is 39.1 Å². The molecule has 108 valence electrons. The molecule has 7 heteroatoms. The molecule has 2 rings (SSSR count). The third-order valence-electron chi connectivity index (χ3n) is 2.88. The fourth-order valence-electron chi connectivity index (χ4n) is 1.92. The standard InChI is InChI=1S/C13H16BrN3O2S/c1-3-19-13(18)11-12(15)17(8(2)16-11)7-6-9-4-5-10(14)20-9/h4-5H,3,6-7,15H2,1-2H3. The molecule has 20 heavy (non-hydrogen) atoms. The molecule has 2 heterocycles. The van der Waals surface area contributed by atoms with E-state index >= 15 is 0 Å². The fourth-order valence-corrected chi connectivity index (χ4v) is 3.39. The van der Waals surface area contributed by atoms with Crippen molar-refractivity contribution in [2.24, 2.45) is 0 Å². The first-order valence-electron chi connectivity index (χ1n) is 6.26. The zero-order valence-electron chi connectivity index (χ0n) is 11.4. The normalized spacial score (nSPS) is 10.8. The summed E-state index contributed by atoms with van der Waals surface area (Å²) in [5.41, 5.74) is 6.20. The number of anilines is 1. The van der Waals surface area contributed by atoms with Gasteiger partial charge in [0.1, 0.15) is 11.6 Å². The lowest BCUT2D eigenvalue weighted by molar-refractivity contribution is 0.0521. The van der Waals surface area contributed by atoms with Crippen LogP contribution in [0.2, 0.25) is 0 Å². The summed E-state index contributed by atoms with van der Waals surface area (Å²) in [7, 11) is 0. The molecule has 0 fully saturated rings. The summed E-state index contributed by atoms with van der Waals surface area (Å²) in [6.45, 7) is 4.60. The number of esters is 1. The van der Waals surface area contributed by atoms with E-state index in [2.05, 4.69) is 27.0 Å². The number of hydrogen-bond acceptors (Lipinski definition) is 5. The first kappa shape index (κ1) is 15.1. The van der Waals surface area contributed by atoms with E-state index in [1.165, 1.54) is 4.88 Å². The molecule has 5 nitrogen and oxygen atoms in total. The Morgan fingerprint density at radius 1 is 1.55 bits per heavy atom. The Hall–Kier alpha value is -1.34. The van der Waals surface area contributed by atoms with E-state index in [9.17, 15) is 4.79 Å². The van der Waals surface area contributed by atoms with Crippen molar-refractivity contribution < 1.29 is 9.53 Å². The number of aryl methyl sites for hydroxylation is 2. The molecule has 0 unspecified atom stereocenters. The highest BCUT2D eigenvalue weighted by molar-refractivity contribution is 9.11. The van der Waals surface area contributed by atoms with Gasteiger partial charge in [-0.15, -0.1) is 11.3 Å². The fraction of sp³-hybridized carbons (Fsp3) is 0.385. The summed E-state index contributed by atoms with van der Waals surface area (Å²) in [5.74, 6) is 0.628. The van der Waals surface area contributed by atoms with E-state index in [-0.39, 0.29) is 5.69 Å². The Bertz CT molecular complexity index is 621. The second kappa shape index (κ2) is 6.41. The number of hydrogen-bond donors (Lipinski definition) is 1. The number of nitrogen functional groups attached to an aromatic ring is 1. The second-order valence-corrected chi connectivity index (χ2v) is 6.77. The molecule has 0 saturated carbocycles. The Kier molecular flexibility index (Phi) is 4.82. The maximum Gasteiger partial charge on any atom is 0.360 e.